The molecule has 0 radical (unpaired) electrons. The van der Waals surface area contributed by atoms with Crippen molar-refractivity contribution in [3.8, 4) is 0 Å². The highest BCUT2D eigenvalue weighted by Crippen LogP contribution is 2.20. The fraction of sp³-hybridized carbons (Fsp3) is 0.867. The Morgan fingerprint density at radius 2 is 2.05 bits per heavy atom. The number of nitrogens with one attached hydrogen (secondary N) is 1. The molecular formula is C15H28N2O3. The Morgan fingerprint density at radius 1 is 1.35 bits per heavy atom. The molecule has 1 aliphatic heterocycles. The summed E-state index contributed by atoms with van der Waals surface area (Å²) in [6.07, 6.45) is 5.04. The number of esters is 1. The zero-order chi connectivity index (χ0) is 15.1. The third-order valence-electron chi connectivity index (χ3n) is 4.31. The number of methoxy groups -OCH3 is 1. The molecule has 0 spiro atoms. The average Bonchev–Trinajstić information content (AvgIpc) is 2.50. The van der Waals surface area contributed by atoms with Crippen LogP contribution in [0.5, 0.6) is 0 Å². The van der Waals surface area contributed by atoms with Crippen LogP contribution in [-0.4, -0.2) is 42.6 Å². The number of likely N-dealkylation sites (tertiary alicyclic amines) is 1. The SMILES string of the molecule is CC[C@@H]1CCCCN1C(=O)N[C@H](C(=O)OC)[C@H](C)CC. The first-order valence-corrected chi connectivity index (χ1v) is 7.70. The van der Waals surface area contributed by atoms with Crippen LogP contribution in [0.15, 0.2) is 0 Å². The van der Waals surface area contributed by atoms with Crippen molar-refractivity contribution >= 4 is 12.0 Å². The second kappa shape index (κ2) is 8.12. The number of nitrogens with zero attached hydrogens (tertiary/aromatic N) is 1. The number of hydrogen-bond donors (Lipinski definition) is 1. The Kier molecular flexibility index (Phi) is 6.82. The molecule has 0 aromatic carbocycles. The van der Waals surface area contributed by atoms with Gasteiger partial charge in [-0.1, -0.05) is 27.2 Å². The number of urea groups is 1. The third-order valence-corrected chi connectivity index (χ3v) is 4.31. The minimum absolute atomic E-state index is 0.0660. The standard InChI is InChI=1S/C15H28N2O3/c1-5-11(3)13(14(18)20-4)16-15(19)17-10-8-7-9-12(17)6-2/h11-13H,5-10H2,1-4H3,(H,16,19)/t11-,12-,13+/m1/s1. The molecule has 3 atom stereocenters. The maximum atomic E-state index is 12.4. The molecule has 0 bridgehead atoms. The summed E-state index contributed by atoms with van der Waals surface area (Å²) >= 11 is 0. The van der Waals surface area contributed by atoms with E-state index >= 15 is 0 Å². The molecule has 0 unspecified atom stereocenters. The molecule has 2 amide bonds. The highest BCUT2D eigenvalue weighted by molar-refractivity contribution is 5.84. The van der Waals surface area contributed by atoms with Crippen molar-refractivity contribution in [1.29, 1.82) is 0 Å². The lowest BCUT2D eigenvalue weighted by Crippen LogP contribution is -2.54. The van der Waals surface area contributed by atoms with E-state index in [0.29, 0.717) is 6.04 Å². The Labute approximate surface area is 122 Å². The molecular weight excluding hydrogens is 256 g/mol. The van der Waals surface area contributed by atoms with Gasteiger partial charge >= 0.3 is 12.0 Å². The summed E-state index contributed by atoms with van der Waals surface area (Å²) in [6.45, 7) is 6.83. The van der Waals surface area contributed by atoms with Crippen LogP contribution in [0.25, 0.3) is 0 Å². The first kappa shape index (κ1) is 16.8. The van der Waals surface area contributed by atoms with Crippen LogP contribution in [0.2, 0.25) is 0 Å². The van der Waals surface area contributed by atoms with E-state index in [-0.39, 0.29) is 17.9 Å². The average molecular weight is 284 g/mol. The van der Waals surface area contributed by atoms with Gasteiger partial charge in [-0.3, -0.25) is 0 Å². The van der Waals surface area contributed by atoms with Gasteiger partial charge in [0.05, 0.1) is 7.11 Å². The smallest absolute Gasteiger partial charge is 0.328 e. The minimum Gasteiger partial charge on any atom is -0.467 e. The largest absolute Gasteiger partial charge is 0.467 e. The van der Waals surface area contributed by atoms with Gasteiger partial charge in [0.2, 0.25) is 0 Å². The molecule has 1 heterocycles. The van der Waals surface area contributed by atoms with E-state index in [2.05, 4.69) is 12.2 Å². The lowest BCUT2D eigenvalue weighted by Gasteiger charge is -2.36. The predicted octanol–water partition coefficient (Wildman–Crippen LogP) is 2.55. The van der Waals surface area contributed by atoms with Crippen LogP contribution in [-0.2, 0) is 9.53 Å². The van der Waals surface area contributed by atoms with Crippen molar-refractivity contribution in [3.05, 3.63) is 0 Å². The first-order valence-electron chi connectivity index (χ1n) is 7.70. The first-order chi connectivity index (χ1) is 9.54. The summed E-state index contributed by atoms with van der Waals surface area (Å²) in [5.74, 6) is -0.297. The maximum Gasteiger partial charge on any atom is 0.328 e. The van der Waals surface area contributed by atoms with Gasteiger partial charge < -0.3 is 15.0 Å². The fourth-order valence-corrected chi connectivity index (χ4v) is 2.70. The number of carbonyl (C=O) groups is 2. The Hall–Kier alpha value is -1.26. The molecule has 1 fully saturated rings. The molecule has 1 saturated heterocycles. The van der Waals surface area contributed by atoms with E-state index in [1.165, 1.54) is 13.5 Å². The van der Waals surface area contributed by atoms with E-state index in [9.17, 15) is 9.59 Å². The summed E-state index contributed by atoms with van der Waals surface area (Å²) in [6, 6.07) is -0.400. The van der Waals surface area contributed by atoms with Crippen LogP contribution in [0, 0.1) is 5.92 Å². The van der Waals surface area contributed by atoms with Crippen LogP contribution in [0.4, 0.5) is 4.79 Å². The summed E-state index contributed by atoms with van der Waals surface area (Å²) < 4.78 is 4.80. The molecule has 5 nitrogen and oxygen atoms in total. The molecule has 1 N–H and O–H groups in total. The van der Waals surface area contributed by atoms with Gasteiger partial charge in [-0.05, 0) is 31.6 Å². The molecule has 0 aliphatic carbocycles. The topological polar surface area (TPSA) is 58.6 Å². The molecule has 0 aromatic heterocycles. The highest BCUT2D eigenvalue weighted by atomic mass is 16.5. The molecule has 5 heteroatoms. The van der Waals surface area contributed by atoms with Gasteiger partial charge in [-0.15, -0.1) is 0 Å². The van der Waals surface area contributed by atoms with E-state index in [4.69, 9.17) is 4.74 Å². The second-order valence-electron chi connectivity index (χ2n) is 5.59. The molecule has 1 aliphatic rings. The van der Waals surface area contributed by atoms with Crippen molar-refractivity contribution in [2.75, 3.05) is 13.7 Å². The molecule has 1 rings (SSSR count). The summed E-state index contributed by atoms with van der Waals surface area (Å²) in [7, 11) is 1.36. The zero-order valence-electron chi connectivity index (χ0n) is 13.1. The lowest BCUT2D eigenvalue weighted by molar-refractivity contribution is -0.144. The quantitative estimate of drug-likeness (QED) is 0.789. The van der Waals surface area contributed by atoms with E-state index < -0.39 is 6.04 Å². The number of rotatable bonds is 5. The van der Waals surface area contributed by atoms with Crippen molar-refractivity contribution in [2.45, 2.75) is 65.0 Å². The van der Waals surface area contributed by atoms with Crippen LogP contribution >= 0.6 is 0 Å². The Morgan fingerprint density at radius 3 is 2.60 bits per heavy atom. The number of amides is 2. The van der Waals surface area contributed by atoms with Gasteiger partial charge in [0, 0.05) is 12.6 Å². The van der Waals surface area contributed by atoms with Crippen molar-refractivity contribution in [2.24, 2.45) is 5.92 Å². The van der Waals surface area contributed by atoms with Crippen LogP contribution in [0.3, 0.4) is 0 Å². The molecule has 0 aromatic rings. The van der Waals surface area contributed by atoms with Gasteiger partial charge in [-0.2, -0.15) is 0 Å². The molecule has 20 heavy (non-hydrogen) atoms. The lowest BCUT2D eigenvalue weighted by atomic mass is 9.98. The highest BCUT2D eigenvalue weighted by Gasteiger charge is 2.31. The predicted molar refractivity (Wildman–Crippen MR) is 78.4 cm³/mol. The van der Waals surface area contributed by atoms with E-state index in [0.717, 1.165) is 32.2 Å². The van der Waals surface area contributed by atoms with Gasteiger partial charge in [0.25, 0.3) is 0 Å². The fourth-order valence-electron chi connectivity index (χ4n) is 2.70. The summed E-state index contributed by atoms with van der Waals surface area (Å²) in [4.78, 5) is 26.1. The maximum absolute atomic E-state index is 12.4. The summed E-state index contributed by atoms with van der Waals surface area (Å²) in [5.41, 5.74) is 0. The van der Waals surface area contributed by atoms with Gasteiger partial charge in [0.15, 0.2) is 0 Å². The number of ether oxygens (including phenoxy) is 1. The normalized spacial score (nSPS) is 22.0. The van der Waals surface area contributed by atoms with E-state index in [1.807, 2.05) is 18.7 Å². The number of piperidine rings is 1. The third kappa shape index (κ3) is 4.12. The van der Waals surface area contributed by atoms with Crippen molar-refractivity contribution in [3.63, 3.8) is 0 Å². The molecule has 116 valence electrons. The van der Waals surface area contributed by atoms with E-state index in [1.54, 1.807) is 0 Å². The van der Waals surface area contributed by atoms with Crippen LogP contribution in [0.1, 0.15) is 52.9 Å². The van der Waals surface area contributed by atoms with Gasteiger partial charge in [-0.25, -0.2) is 9.59 Å². The number of carbonyl (C=O) groups excluding carboxylic acids is 2. The van der Waals surface area contributed by atoms with Crippen molar-refractivity contribution in [1.82, 2.24) is 10.2 Å². The van der Waals surface area contributed by atoms with Crippen molar-refractivity contribution < 1.29 is 14.3 Å². The minimum atomic E-state index is -0.558. The summed E-state index contributed by atoms with van der Waals surface area (Å²) in [5, 5.41) is 2.86. The van der Waals surface area contributed by atoms with Crippen LogP contribution < -0.4 is 5.32 Å². The molecule has 0 saturated carbocycles. The second-order valence-corrected chi connectivity index (χ2v) is 5.59. The Balaban J connectivity index is 2.71. The Bertz CT molecular complexity index is 333. The monoisotopic (exact) mass is 284 g/mol. The number of hydrogen-bond acceptors (Lipinski definition) is 3. The zero-order valence-corrected chi connectivity index (χ0v) is 13.1. The van der Waals surface area contributed by atoms with Gasteiger partial charge in [0.1, 0.15) is 6.04 Å².